The lowest BCUT2D eigenvalue weighted by Crippen LogP contribution is -1.80. The van der Waals surface area contributed by atoms with Gasteiger partial charge in [0.05, 0.1) is 0 Å². The SMILES string of the molecule is CCC(C)=CN.Cl. The van der Waals surface area contributed by atoms with Gasteiger partial charge in [-0.05, 0) is 19.5 Å². The summed E-state index contributed by atoms with van der Waals surface area (Å²) in [7, 11) is 0. The third-order valence-electron chi connectivity index (χ3n) is 0.842. The van der Waals surface area contributed by atoms with Gasteiger partial charge in [0.25, 0.3) is 0 Å². The van der Waals surface area contributed by atoms with E-state index in [9.17, 15) is 0 Å². The Bertz CT molecular complexity index is 59.1. The average molecular weight is 122 g/mol. The molecule has 0 bridgehead atoms. The molecule has 2 heteroatoms. The molecule has 0 spiro atoms. The van der Waals surface area contributed by atoms with Gasteiger partial charge in [-0.15, -0.1) is 12.4 Å². The normalized spacial score (nSPS) is 10.3. The molecule has 7 heavy (non-hydrogen) atoms. The van der Waals surface area contributed by atoms with Crippen LogP contribution >= 0.6 is 12.4 Å². The monoisotopic (exact) mass is 121 g/mol. The molecule has 2 N–H and O–H groups in total. The first kappa shape index (κ1) is 9.95. The molecule has 1 nitrogen and oxygen atoms in total. The van der Waals surface area contributed by atoms with Crippen molar-refractivity contribution in [1.29, 1.82) is 0 Å². The summed E-state index contributed by atoms with van der Waals surface area (Å²) in [5, 5.41) is 0. The molecular formula is C5H12ClN. The topological polar surface area (TPSA) is 26.0 Å². The van der Waals surface area contributed by atoms with E-state index in [0.29, 0.717) is 0 Å². The molecule has 0 saturated heterocycles. The maximum absolute atomic E-state index is 5.12. The minimum Gasteiger partial charge on any atom is -0.405 e. The van der Waals surface area contributed by atoms with Gasteiger partial charge in [0.15, 0.2) is 0 Å². The van der Waals surface area contributed by atoms with Crippen molar-refractivity contribution in [3.05, 3.63) is 11.8 Å². The smallest absolute Gasteiger partial charge is 0.00734 e. The van der Waals surface area contributed by atoms with Crippen molar-refractivity contribution in [2.75, 3.05) is 0 Å². The Morgan fingerprint density at radius 2 is 2.14 bits per heavy atom. The van der Waals surface area contributed by atoms with Gasteiger partial charge >= 0.3 is 0 Å². The molecule has 0 saturated carbocycles. The quantitative estimate of drug-likeness (QED) is 0.561. The molecule has 0 heterocycles. The molecule has 0 aliphatic carbocycles. The van der Waals surface area contributed by atoms with E-state index in [4.69, 9.17) is 5.73 Å². The number of rotatable bonds is 1. The van der Waals surface area contributed by atoms with E-state index < -0.39 is 0 Å². The Morgan fingerprint density at radius 3 is 2.14 bits per heavy atom. The Kier molecular flexibility index (Phi) is 8.29. The molecule has 0 aromatic heterocycles. The zero-order valence-corrected chi connectivity index (χ0v) is 5.59. The summed E-state index contributed by atoms with van der Waals surface area (Å²) in [6, 6.07) is 0. The van der Waals surface area contributed by atoms with Gasteiger partial charge < -0.3 is 5.73 Å². The zero-order chi connectivity index (χ0) is 4.99. The molecule has 0 aromatic rings. The highest BCUT2D eigenvalue weighted by molar-refractivity contribution is 5.85. The lowest BCUT2D eigenvalue weighted by Gasteiger charge is -1.85. The van der Waals surface area contributed by atoms with Crippen molar-refractivity contribution < 1.29 is 0 Å². The third kappa shape index (κ3) is 5.83. The summed E-state index contributed by atoms with van der Waals surface area (Å²) >= 11 is 0. The van der Waals surface area contributed by atoms with Crippen molar-refractivity contribution in [1.82, 2.24) is 0 Å². The third-order valence-corrected chi connectivity index (χ3v) is 0.842. The average Bonchev–Trinajstić information content (AvgIpc) is 1.65. The van der Waals surface area contributed by atoms with Gasteiger partial charge in [0, 0.05) is 0 Å². The van der Waals surface area contributed by atoms with Crippen LogP contribution in [-0.4, -0.2) is 0 Å². The van der Waals surface area contributed by atoms with E-state index in [1.165, 1.54) is 5.57 Å². The second-order valence-corrected chi connectivity index (χ2v) is 1.37. The first-order valence-electron chi connectivity index (χ1n) is 2.18. The van der Waals surface area contributed by atoms with Crippen LogP contribution in [0, 0.1) is 0 Å². The molecule has 0 aliphatic heterocycles. The molecule has 0 unspecified atom stereocenters. The van der Waals surface area contributed by atoms with Crippen LogP contribution in [-0.2, 0) is 0 Å². The van der Waals surface area contributed by atoms with Gasteiger partial charge in [-0.3, -0.25) is 0 Å². The number of hydrogen-bond donors (Lipinski definition) is 1. The van der Waals surface area contributed by atoms with Crippen LogP contribution in [0.3, 0.4) is 0 Å². The molecule has 0 fully saturated rings. The Labute approximate surface area is 51.0 Å². The number of allylic oxidation sites excluding steroid dienone is 1. The maximum Gasteiger partial charge on any atom is -0.00734 e. The summed E-state index contributed by atoms with van der Waals surface area (Å²) < 4.78 is 0. The highest BCUT2D eigenvalue weighted by atomic mass is 35.5. The van der Waals surface area contributed by atoms with E-state index >= 15 is 0 Å². The lowest BCUT2D eigenvalue weighted by atomic mass is 10.3. The van der Waals surface area contributed by atoms with Crippen LogP contribution in [0.4, 0.5) is 0 Å². The largest absolute Gasteiger partial charge is 0.405 e. The predicted molar refractivity (Wildman–Crippen MR) is 35.5 cm³/mol. The fourth-order valence-corrected chi connectivity index (χ4v) is 0.118. The number of nitrogens with two attached hydrogens (primary N) is 1. The van der Waals surface area contributed by atoms with Crippen LogP contribution in [0.2, 0.25) is 0 Å². The highest BCUT2D eigenvalue weighted by Crippen LogP contribution is 1.91. The van der Waals surface area contributed by atoms with Gasteiger partial charge in [0.1, 0.15) is 0 Å². The maximum atomic E-state index is 5.12. The highest BCUT2D eigenvalue weighted by Gasteiger charge is 1.73. The molecule has 0 aromatic carbocycles. The van der Waals surface area contributed by atoms with Crippen LogP contribution in [0.5, 0.6) is 0 Å². The van der Waals surface area contributed by atoms with E-state index in [-0.39, 0.29) is 12.4 Å². The number of halogens is 1. The zero-order valence-electron chi connectivity index (χ0n) is 4.77. The van der Waals surface area contributed by atoms with Crippen molar-refractivity contribution in [3.8, 4) is 0 Å². The predicted octanol–water partition coefficient (Wildman–Crippen LogP) is 1.68. The van der Waals surface area contributed by atoms with Crippen LogP contribution in [0.25, 0.3) is 0 Å². The molecule has 44 valence electrons. The molecule has 0 aliphatic rings. The standard InChI is InChI=1S/C5H11N.ClH/c1-3-5(2)4-6;/h4H,3,6H2,1-2H3;1H. The lowest BCUT2D eigenvalue weighted by molar-refractivity contribution is 1.09. The van der Waals surface area contributed by atoms with Crippen molar-refractivity contribution >= 4 is 12.4 Å². The fraction of sp³-hybridized carbons (Fsp3) is 0.600. The Morgan fingerprint density at radius 1 is 1.71 bits per heavy atom. The molecule has 0 atom stereocenters. The van der Waals surface area contributed by atoms with E-state index in [0.717, 1.165) is 6.42 Å². The minimum absolute atomic E-state index is 0. The fourth-order valence-electron chi connectivity index (χ4n) is 0.118. The summed E-state index contributed by atoms with van der Waals surface area (Å²) in [6.07, 6.45) is 2.70. The number of hydrogen-bond acceptors (Lipinski definition) is 1. The van der Waals surface area contributed by atoms with Crippen LogP contribution in [0.1, 0.15) is 20.3 Å². The Balaban J connectivity index is 0. The first-order valence-corrected chi connectivity index (χ1v) is 2.18. The van der Waals surface area contributed by atoms with Crippen molar-refractivity contribution in [2.45, 2.75) is 20.3 Å². The molecular weight excluding hydrogens is 110 g/mol. The van der Waals surface area contributed by atoms with Crippen molar-refractivity contribution in [2.24, 2.45) is 5.73 Å². The summed E-state index contributed by atoms with van der Waals surface area (Å²) in [5.41, 5.74) is 6.37. The summed E-state index contributed by atoms with van der Waals surface area (Å²) in [4.78, 5) is 0. The summed E-state index contributed by atoms with van der Waals surface area (Å²) in [6.45, 7) is 4.10. The molecule has 0 radical (unpaired) electrons. The van der Waals surface area contributed by atoms with Crippen molar-refractivity contribution in [3.63, 3.8) is 0 Å². The van der Waals surface area contributed by atoms with E-state index in [1.807, 2.05) is 6.92 Å². The molecule has 0 amide bonds. The minimum atomic E-state index is 0. The van der Waals surface area contributed by atoms with Crippen LogP contribution < -0.4 is 5.73 Å². The van der Waals surface area contributed by atoms with Gasteiger partial charge in [-0.25, -0.2) is 0 Å². The summed E-state index contributed by atoms with van der Waals surface area (Å²) in [5.74, 6) is 0. The van der Waals surface area contributed by atoms with E-state index in [2.05, 4.69) is 6.92 Å². The molecule has 0 rings (SSSR count). The first-order chi connectivity index (χ1) is 2.81. The van der Waals surface area contributed by atoms with E-state index in [1.54, 1.807) is 6.20 Å². The Hall–Kier alpha value is -0.170. The van der Waals surface area contributed by atoms with Crippen LogP contribution in [0.15, 0.2) is 11.8 Å². The second-order valence-electron chi connectivity index (χ2n) is 1.37. The van der Waals surface area contributed by atoms with Gasteiger partial charge in [-0.1, -0.05) is 12.5 Å². The second kappa shape index (κ2) is 5.83. The van der Waals surface area contributed by atoms with Gasteiger partial charge in [-0.2, -0.15) is 0 Å². The van der Waals surface area contributed by atoms with Gasteiger partial charge in [0.2, 0.25) is 0 Å².